The first kappa shape index (κ1) is 15.0. The fraction of sp³-hybridized carbons (Fsp3) is 0.429. The number of hydrogen-bond donors (Lipinski definition) is 1. The van der Waals surface area contributed by atoms with E-state index in [-0.39, 0.29) is 5.91 Å². The van der Waals surface area contributed by atoms with E-state index in [9.17, 15) is 9.59 Å². The number of methoxy groups -OCH3 is 1. The van der Waals surface area contributed by atoms with Crippen molar-refractivity contribution in [2.24, 2.45) is 0 Å². The van der Waals surface area contributed by atoms with Gasteiger partial charge >= 0.3 is 5.97 Å². The van der Waals surface area contributed by atoms with Gasteiger partial charge in [0.05, 0.1) is 13.7 Å². The van der Waals surface area contributed by atoms with Gasteiger partial charge in [0.2, 0.25) is 5.91 Å². The summed E-state index contributed by atoms with van der Waals surface area (Å²) in [6.45, 7) is 2.62. The van der Waals surface area contributed by atoms with Crippen molar-refractivity contribution in [2.45, 2.75) is 19.8 Å². The molecule has 5 heteroatoms. The Labute approximate surface area is 112 Å². The Bertz CT molecular complexity index is 431. The fourth-order valence-corrected chi connectivity index (χ4v) is 1.54. The minimum absolute atomic E-state index is 0.0306. The van der Waals surface area contributed by atoms with E-state index in [0.717, 1.165) is 12.8 Å². The van der Waals surface area contributed by atoms with Gasteiger partial charge in [-0.3, -0.25) is 4.79 Å². The van der Waals surface area contributed by atoms with Crippen LogP contribution in [0, 0.1) is 0 Å². The second-order valence-electron chi connectivity index (χ2n) is 4.03. The molecule has 0 atom stereocenters. The molecule has 0 saturated heterocycles. The number of esters is 1. The van der Waals surface area contributed by atoms with E-state index in [1.807, 2.05) is 0 Å². The largest absolute Gasteiger partial charge is 0.493 e. The van der Waals surface area contributed by atoms with E-state index >= 15 is 0 Å². The van der Waals surface area contributed by atoms with Crippen LogP contribution in [0.5, 0.6) is 5.75 Å². The second-order valence-corrected chi connectivity index (χ2v) is 4.03. The van der Waals surface area contributed by atoms with Gasteiger partial charge in [-0.25, -0.2) is 4.79 Å². The van der Waals surface area contributed by atoms with E-state index < -0.39 is 5.97 Å². The maximum absolute atomic E-state index is 11.5. The standard InChI is InChI=1S/C14H19NO4/c1-11(16)15-9-5-6-10-19-13-8-4-3-7-12(13)14(17)18-2/h3-4,7-8H,5-6,9-10H2,1-2H3,(H,15,16). The van der Waals surface area contributed by atoms with Gasteiger partial charge in [-0.05, 0) is 25.0 Å². The lowest BCUT2D eigenvalue weighted by molar-refractivity contribution is -0.118. The maximum Gasteiger partial charge on any atom is 0.341 e. The van der Waals surface area contributed by atoms with Crippen LogP contribution in [-0.4, -0.2) is 32.1 Å². The van der Waals surface area contributed by atoms with Crippen molar-refractivity contribution in [3.63, 3.8) is 0 Å². The Balaban J connectivity index is 2.37. The molecule has 5 nitrogen and oxygen atoms in total. The summed E-state index contributed by atoms with van der Waals surface area (Å²) in [6.07, 6.45) is 1.63. The van der Waals surface area contributed by atoms with Gasteiger partial charge in [-0.2, -0.15) is 0 Å². The van der Waals surface area contributed by atoms with E-state index in [0.29, 0.717) is 24.5 Å². The first-order valence-electron chi connectivity index (χ1n) is 6.19. The molecule has 0 aliphatic carbocycles. The molecule has 0 aliphatic rings. The molecular formula is C14H19NO4. The van der Waals surface area contributed by atoms with Gasteiger partial charge in [0.1, 0.15) is 11.3 Å². The zero-order valence-corrected chi connectivity index (χ0v) is 11.3. The summed E-state index contributed by atoms with van der Waals surface area (Å²) in [4.78, 5) is 22.2. The smallest absolute Gasteiger partial charge is 0.341 e. The molecule has 0 aliphatic heterocycles. The van der Waals surface area contributed by atoms with Crippen molar-refractivity contribution >= 4 is 11.9 Å². The highest BCUT2D eigenvalue weighted by molar-refractivity contribution is 5.92. The maximum atomic E-state index is 11.5. The fourth-order valence-electron chi connectivity index (χ4n) is 1.54. The molecule has 0 saturated carbocycles. The summed E-state index contributed by atoms with van der Waals surface area (Å²) in [5.41, 5.74) is 0.423. The second kappa shape index (κ2) is 8.13. The number of unbranched alkanes of at least 4 members (excludes halogenated alkanes) is 1. The number of carbonyl (C=O) groups excluding carboxylic acids is 2. The van der Waals surface area contributed by atoms with Crippen LogP contribution in [-0.2, 0) is 9.53 Å². The van der Waals surface area contributed by atoms with Crippen LogP contribution in [0.15, 0.2) is 24.3 Å². The molecule has 1 N–H and O–H groups in total. The Morgan fingerprint density at radius 1 is 1.21 bits per heavy atom. The first-order valence-corrected chi connectivity index (χ1v) is 6.19. The van der Waals surface area contributed by atoms with Crippen molar-refractivity contribution in [1.29, 1.82) is 0 Å². The predicted molar refractivity (Wildman–Crippen MR) is 71.2 cm³/mol. The lowest BCUT2D eigenvalue weighted by Gasteiger charge is -2.10. The molecule has 19 heavy (non-hydrogen) atoms. The minimum Gasteiger partial charge on any atom is -0.493 e. The first-order chi connectivity index (χ1) is 9.15. The molecule has 0 radical (unpaired) electrons. The SMILES string of the molecule is COC(=O)c1ccccc1OCCCCNC(C)=O. The number of nitrogens with one attached hydrogen (secondary N) is 1. The minimum atomic E-state index is -0.408. The molecule has 1 aromatic rings. The van der Waals surface area contributed by atoms with Gasteiger partial charge in [-0.15, -0.1) is 0 Å². The third-order valence-electron chi connectivity index (χ3n) is 2.49. The molecule has 1 rings (SSSR count). The van der Waals surface area contributed by atoms with Gasteiger partial charge in [0.25, 0.3) is 0 Å². The van der Waals surface area contributed by atoms with E-state index in [1.165, 1.54) is 14.0 Å². The Morgan fingerprint density at radius 2 is 1.95 bits per heavy atom. The summed E-state index contributed by atoms with van der Waals surface area (Å²) in [5.74, 6) is 0.0830. The molecule has 1 amide bonds. The van der Waals surface area contributed by atoms with Crippen molar-refractivity contribution in [1.82, 2.24) is 5.32 Å². The number of amides is 1. The van der Waals surface area contributed by atoms with Crippen molar-refractivity contribution in [2.75, 3.05) is 20.3 Å². The van der Waals surface area contributed by atoms with Gasteiger partial charge in [-0.1, -0.05) is 12.1 Å². The van der Waals surface area contributed by atoms with Crippen LogP contribution in [0.3, 0.4) is 0 Å². The summed E-state index contributed by atoms with van der Waals surface area (Å²) in [5, 5.41) is 2.71. The average molecular weight is 265 g/mol. The Hall–Kier alpha value is -2.04. The topological polar surface area (TPSA) is 64.6 Å². The summed E-state index contributed by atoms with van der Waals surface area (Å²) in [6, 6.07) is 6.97. The van der Waals surface area contributed by atoms with E-state index in [2.05, 4.69) is 10.1 Å². The monoisotopic (exact) mass is 265 g/mol. The van der Waals surface area contributed by atoms with Crippen LogP contribution in [0.4, 0.5) is 0 Å². The highest BCUT2D eigenvalue weighted by Gasteiger charge is 2.11. The highest BCUT2D eigenvalue weighted by Crippen LogP contribution is 2.18. The van der Waals surface area contributed by atoms with Crippen LogP contribution in [0.1, 0.15) is 30.1 Å². The Kier molecular flexibility index (Phi) is 6.43. The lowest BCUT2D eigenvalue weighted by atomic mass is 10.2. The predicted octanol–water partition coefficient (Wildman–Crippen LogP) is 1.77. The molecule has 0 heterocycles. The normalized spacial score (nSPS) is 9.79. The van der Waals surface area contributed by atoms with Crippen molar-refractivity contribution in [3.8, 4) is 5.75 Å². The molecule has 104 valence electrons. The summed E-state index contributed by atoms with van der Waals surface area (Å²) >= 11 is 0. The molecule has 0 aromatic heterocycles. The number of benzene rings is 1. The molecule has 0 spiro atoms. The van der Waals surface area contributed by atoms with E-state index in [4.69, 9.17) is 4.74 Å². The zero-order valence-electron chi connectivity index (χ0n) is 11.3. The number of rotatable bonds is 7. The van der Waals surface area contributed by atoms with Crippen LogP contribution < -0.4 is 10.1 Å². The van der Waals surface area contributed by atoms with Gasteiger partial charge in [0.15, 0.2) is 0 Å². The zero-order chi connectivity index (χ0) is 14.1. The Morgan fingerprint density at radius 3 is 2.63 bits per heavy atom. The third-order valence-corrected chi connectivity index (χ3v) is 2.49. The van der Waals surface area contributed by atoms with Gasteiger partial charge < -0.3 is 14.8 Å². The van der Waals surface area contributed by atoms with Crippen LogP contribution in [0.2, 0.25) is 0 Å². The number of carbonyl (C=O) groups is 2. The molecule has 1 aromatic carbocycles. The van der Waals surface area contributed by atoms with E-state index in [1.54, 1.807) is 24.3 Å². The molecule has 0 fully saturated rings. The van der Waals surface area contributed by atoms with Crippen molar-refractivity contribution in [3.05, 3.63) is 29.8 Å². The molecule has 0 unspecified atom stereocenters. The molecular weight excluding hydrogens is 246 g/mol. The average Bonchev–Trinajstić information content (AvgIpc) is 2.42. The van der Waals surface area contributed by atoms with Crippen molar-refractivity contribution < 1.29 is 19.1 Å². The summed E-state index contributed by atoms with van der Waals surface area (Å²) in [7, 11) is 1.34. The number of para-hydroxylation sites is 1. The summed E-state index contributed by atoms with van der Waals surface area (Å²) < 4.78 is 10.2. The number of hydrogen-bond acceptors (Lipinski definition) is 4. The van der Waals surface area contributed by atoms with Crippen LogP contribution in [0.25, 0.3) is 0 Å². The number of ether oxygens (including phenoxy) is 2. The third kappa shape index (κ3) is 5.42. The quantitative estimate of drug-likeness (QED) is 0.603. The van der Waals surface area contributed by atoms with Crippen LogP contribution >= 0.6 is 0 Å². The highest BCUT2D eigenvalue weighted by atomic mass is 16.5. The molecule has 0 bridgehead atoms. The lowest BCUT2D eigenvalue weighted by Crippen LogP contribution is -2.21. The van der Waals surface area contributed by atoms with Gasteiger partial charge in [0, 0.05) is 13.5 Å².